The second-order valence-corrected chi connectivity index (χ2v) is 10.6. The quantitative estimate of drug-likeness (QED) is 0.245. The van der Waals surface area contributed by atoms with Crippen LogP contribution in [0.25, 0.3) is 22.6 Å². The van der Waals surface area contributed by atoms with Crippen LogP contribution >= 0.6 is 0 Å². The molecule has 2 aliphatic rings. The normalized spacial score (nSPS) is 15.6. The number of hydrogen-bond acceptors (Lipinski definition) is 10. The van der Waals surface area contributed by atoms with E-state index in [0.717, 1.165) is 28.8 Å². The zero-order chi connectivity index (χ0) is 31.3. The molecule has 1 N–H and O–H groups in total. The molecule has 5 heterocycles. The Labute approximate surface area is 246 Å². The number of esters is 1. The molecule has 0 fully saturated rings. The van der Waals surface area contributed by atoms with Crippen LogP contribution in [0.5, 0.6) is 0 Å². The highest BCUT2D eigenvalue weighted by Gasteiger charge is 2.45. The summed E-state index contributed by atoms with van der Waals surface area (Å²) in [6, 6.07) is 8.27. The Hall–Kier alpha value is -4.99. The third-order valence-electron chi connectivity index (χ3n) is 7.44. The number of hydrogen-bond donors (Lipinski definition) is 1. The number of allylic oxidation sites excluding steroid dienone is 2. The summed E-state index contributed by atoms with van der Waals surface area (Å²) in [7, 11) is 1.32. The van der Waals surface area contributed by atoms with Gasteiger partial charge in [-0.25, -0.2) is 14.2 Å². The number of alkyl halides is 3. The zero-order valence-corrected chi connectivity index (χ0v) is 23.9. The Kier molecular flexibility index (Phi) is 7.23. The third-order valence-corrected chi connectivity index (χ3v) is 7.44. The molecule has 0 spiro atoms. The predicted molar refractivity (Wildman–Crippen MR) is 151 cm³/mol. The van der Waals surface area contributed by atoms with Crippen LogP contribution in [0.2, 0.25) is 0 Å². The first kappa shape index (κ1) is 29.1. The lowest BCUT2D eigenvalue weighted by Gasteiger charge is -2.21. The highest BCUT2D eigenvalue weighted by atomic mass is 19.4. The number of benzene rings is 1. The summed E-state index contributed by atoms with van der Waals surface area (Å²) in [6.07, 6.45) is -5.15. The van der Waals surface area contributed by atoms with Gasteiger partial charge in [0.25, 0.3) is 17.7 Å². The van der Waals surface area contributed by atoms with Crippen molar-refractivity contribution in [1.82, 2.24) is 34.2 Å². The number of aromatic nitrogens is 6. The summed E-state index contributed by atoms with van der Waals surface area (Å²) in [6.45, 7) is 5.84. The van der Waals surface area contributed by atoms with Crippen molar-refractivity contribution < 1.29 is 27.1 Å². The van der Waals surface area contributed by atoms with E-state index in [2.05, 4.69) is 20.5 Å². The maximum atomic E-state index is 14.2. The molecular formula is C28H27F3N8O5. The fourth-order valence-electron chi connectivity index (χ4n) is 5.28. The van der Waals surface area contributed by atoms with Crippen molar-refractivity contribution in [2.75, 3.05) is 24.5 Å². The first-order chi connectivity index (χ1) is 21.0. The van der Waals surface area contributed by atoms with Crippen molar-refractivity contribution >= 4 is 23.1 Å². The summed E-state index contributed by atoms with van der Waals surface area (Å²) < 4.78 is 53.5. The number of halogens is 3. The molecule has 0 radical (unpaired) electrons. The minimum absolute atomic E-state index is 0.00446. The first-order valence-corrected chi connectivity index (χ1v) is 13.7. The zero-order valence-electron chi connectivity index (χ0n) is 23.9. The van der Waals surface area contributed by atoms with Crippen molar-refractivity contribution in [1.29, 1.82) is 0 Å². The average Bonchev–Trinajstić information content (AvgIpc) is 3.78. The predicted octanol–water partition coefficient (Wildman–Crippen LogP) is 2.63. The Morgan fingerprint density at radius 1 is 1.16 bits per heavy atom. The van der Waals surface area contributed by atoms with Crippen molar-refractivity contribution in [3.8, 4) is 11.5 Å². The van der Waals surface area contributed by atoms with Gasteiger partial charge in [0, 0.05) is 44.5 Å². The average molecular weight is 613 g/mol. The highest BCUT2D eigenvalue weighted by Crippen LogP contribution is 2.33. The number of rotatable bonds is 7. The van der Waals surface area contributed by atoms with Crippen molar-refractivity contribution in [3.05, 3.63) is 80.0 Å². The van der Waals surface area contributed by atoms with Gasteiger partial charge in [0.1, 0.15) is 0 Å². The molecule has 0 saturated carbocycles. The summed E-state index contributed by atoms with van der Waals surface area (Å²) in [5.41, 5.74) is 1.32. The maximum Gasteiger partial charge on any atom is 0.491 e. The number of fused-ring (bicyclic) bond motifs is 1. The number of nitrogens with one attached hydrogen (secondary N) is 1. The largest absolute Gasteiger partial charge is 0.491 e. The van der Waals surface area contributed by atoms with Crippen LogP contribution in [0.4, 0.5) is 19.1 Å². The Balaban J connectivity index is 1.58. The van der Waals surface area contributed by atoms with E-state index < -0.39 is 35.5 Å². The SMILES string of the molecule is CC(C)=CCn1c(N2CCC3=C2CNC3)nc2c1c(=O)n(C(OC(=O)C(F)(F)F)c1nnc(-c3ccccc3)o1)c(=O)n2C. The molecule has 0 bridgehead atoms. The standard InChI is InChI=1S/C28H27F3N8O5/c1-15(2)9-11-38-19-20(33-26(38)37-12-10-17-13-32-14-18(17)37)36(3)27(42)39(23(19)40)24(44-25(41)28(29,30)31)22-35-34-21(43-22)16-7-5-4-6-8-16/h4-9,24,32H,10-14H2,1-3H3. The van der Waals surface area contributed by atoms with E-state index in [9.17, 15) is 27.6 Å². The van der Waals surface area contributed by atoms with Crippen LogP contribution in [0.15, 0.2) is 67.3 Å². The summed E-state index contributed by atoms with van der Waals surface area (Å²) in [5.74, 6) is -3.09. The van der Waals surface area contributed by atoms with E-state index in [1.807, 2.05) is 24.8 Å². The van der Waals surface area contributed by atoms with Crippen LogP contribution in [0.1, 0.15) is 32.4 Å². The minimum atomic E-state index is -5.45. The number of nitrogens with zero attached hydrogens (tertiary/aromatic N) is 7. The van der Waals surface area contributed by atoms with E-state index in [0.29, 0.717) is 29.2 Å². The number of anilines is 1. The van der Waals surface area contributed by atoms with E-state index >= 15 is 0 Å². The molecule has 1 unspecified atom stereocenters. The maximum absolute atomic E-state index is 14.2. The molecule has 230 valence electrons. The lowest BCUT2D eigenvalue weighted by Crippen LogP contribution is -2.44. The monoisotopic (exact) mass is 612 g/mol. The van der Waals surface area contributed by atoms with E-state index in [4.69, 9.17) is 9.15 Å². The van der Waals surface area contributed by atoms with Gasteiger partial charge < -0.3 is 23.9 Å². The molecule has 6 rings (SSSR count). The summed E-state index contributed by atoms with van der Waals surface area (Å²) in [4.78, 5) is 46.6. The lowest BCUT2D eigenvalue weighted by molar-refractivity contribution is -0.208. The number of carbonyl (C=O) groups is 1. The van der Waals surface area contributed by atoms with Gasteiger partial charge in [-0.3, -0.25) is 9.36 Å². The number of ether oxygens (including phenoxy) is 1. The Morgan fingerprint density at radius 3 is 2.61 bits per heavy atom. The fourth-order valence-corrected chi connectivity index (χ4v) is 5.28. The van der Waals surface area contributed by atoms with Gasteiger partial charge in [-0.1, -0.05) is 29.8 Å². The Bertz CT molecular complexity index is 1950. The molecule has 2 aliphatic heterocycles. The molecule has 4 aromatic rings. The van der Waals surface area contributed by atoms with Gasteiger partial charge in [0.05, 0.1) is 0 Å². The molecule has 13 nitrogen and oxygen atoms in total. The van der Waals surface area contributed by atoms with Gasteiger partial charge in [-0.15, -0.1) is 10.2 Å². The summed E-state index contributed by atoms with van der Waals surface area (Å²) in [5, 5.41) is 10.9. The number of carbonyl (C=O) groups excluding carboxylic acids is 1. The molecule has 16 heteroatoms. The second kappa shape index (κ2) is 10.9. The highest BCUT2D eigenvalue weighted by molar-refractivity contribution is 5.77. The number of imidazole rings is 1. The minimum Gasteiger partial charge on any atom is -0.425 e. The molecule has 44 heavy (non-hydrogen) atoms. The van der Waals surface area contributed by atoms with Crippen molar-refractivity contribution in [3.63, 3.8) is 0 Å². The molecule has 1 aromatic carbocycles. The van der Waals surface area contributed by atoms with Crippen LogP contribution in [0.3, 0.4) is 0 Å². The van der Waals surface area contributed by atoms with Gasteiger partial charge >= 0.3 is 17.8 Å². The Morgan fingerprint density at radius 2 is 1.91 bits per heavy atom. The molecule has 3 aromatic heterocycles. The van der Waals surface area contributed by atoms with E-state index in [-0.39, 0.29) is 23.6 Å². The third kappa shape index (κ3) is 5.00. The van der Waals surface area contributed by atoms with Crippen LogP contribution in [0, 0.1) is 0 Å². The second-order valence-electron chi connectivity index (χ2n) is 10.6. The fraction of sp³-hybridized carbons (Fsp3) is 0.357. The van der Waals surface area contributed by atoms with Crippen LogP contribution in [-0.2, 0) is 23.1 Å². The smallest absolute Gasteiger partial charge is 0.425 e. The van der Waals surface area contributed by atoms with Gasteiger partial charge in [0.2, 0.25) is 11.8 Å². The number of aryl methyl sites for hydroxylation is 1. The topological polar surface area (TPSA) is 142 Å². The van der Waals surface area contributed by atoms with Crippen molar-refractivity contribution in [2.24, 2.45) is 7.05 Å². The molecule has 0 amide bonds. The molecule has 1 atom stereocenters. The van der Waals surface area contributed by atoms with E-state index in [1.165, 1.54) is 12.6 Å². The van der Waals surface area contributed by atoms with Gasteiger partial charge in [-0.05, 0) is 38.0 Å². The molecule has 0 saturated heterocycles. The van der Waals surface area contributed by atoms with Crippen molar-refractivity contribution in [2.45, 2.75) is 39.2 Å². The molecular weight excluding hydrogens is 585 g/mol. The van der Waals surface area contributed by atoms with Crippen LogP contribution < -0.4 is 21.5 Å². The summed E-state index contributed by atoms with van der Waals surface area (Å²) >= 11 is 0. The van der Waals surface area contributed by atoms with Crippen LogP contribution in [-0.4, -0.2) is 60.7 Å². The first-order valence-electron chi connectivity index (χ1n) is 13.7. The van der Waals surface area contributed by atoms with E-state index in [1.54, 1.807) is 34.9 Å². The molecule has 0 aliphatic carbocycles. The lowest BCUT2D eigenvalue weighted by atomic mass is 10.2. The van der Waals surface area contributed by atoms with Gasteiger partial charge in [-0.2, -0.15) is 18.2 Å². The van der Waals surface area contributed by atoms with Gasteiger partial charge in [0.15, 0.2) is 11.2 Å².